The molecule has 0 aliphatic rings. The maximum Gasteiger partial charge on any atom is 0.0454 e. The molecule has 0 fully saturated rings. The second-order valence-electron chi connectivity index (χ2n) is 5.25. The highest BCUT2D eigenvalue weighted by molar-refractivity contribution is 7.96. The second-order valence-corrected chi connectivity index (χ2v) is 6.54. The minimum Gasteiger partial charge on any atom is -0.361 e. The summed E-state index contributed by atoms with van der Waals surface area (Å²) in [6.07, 6.45) is 3.10. The van der Waals surface area contributed by atoms with E-state index in [-0.39, 0.29) is 0 Å². The molecule has 1 heterocycles. The van der Waals surface area contributed by atoms with E-state index in [1.54, 1.807) is 0 Å². The van der Waals surface area contributed by atoms with Crippen LogP contribution < -0.4 is 0 Å². The number of aromatic amines is 1. The third kappa shape index (κ3) is 3.90. The van der Waals surface area contributed by atoms with Gasteiger partial charge in [-0.15, -0.1) is 0 Å². The molecule has 0 saturated carbocycles. The van der Waals surface area contributed by atoms with Crippen molar-refractivity contribution in [3.63, 3.8) is 0 Å². The van der Waals surface area contributed by atoms with E-state index in [2.05, 4.69) is 70.9 Å². The van der Waals surface area contributed by atoms with Crippen LogP contribution in [0.15, 0.2) is 60.8 Å². The Bertz CT molecular complexity index is 691. The number of hydrogen-bond acceptors (Lipinski definition) is 2. The van der Waals surface area contributed by atoms with E-state index in [0.29, 0.717) is 0 Å². The van der Waals surface area contributed by atoms with Crippen molar-refractivity contribution in [2.75, 3.05) is 12.8 Å². The van der Waals surface area contributed by atoms with E-state index >= 15 is 0 Å². The fourth-order valence-electron chi connectivity index (χ4n) is 2.46. The van der Waals surface area contributed by atoms with Crippen LogP contribution in [0.3, 0.4) is 0 Å². The number of nitrogens with one attached hydrogen (secondary N) is 1. The number of H-pyrrole nitrogens is 1. The molecule has 0 unspecified atom stereocenters. The monoisotopic (exact) mass is 296 g/mol. The van der Waals surface area contributed by atoms with Gasteiger partial charge in [0.25, 0.3) is 0 Å². The van der Waals surface area contributed by atoms with Crippen LogP contribution in [0.4, 0.5) is 0 Å². The molecule has 0 aliphatic heterocycles. The highest BCUT2D eigenvalue weighted by Gasteiger charge is 2.02. The van der Waals surface area contributed by atoms with Gasteiger partial charge in [-0.2, -0.15) is 0 Å². The van der Waals surface area contributed by atoms with Gasteiger partial charge in [-0.05, 0) is 48.2 Å². The second kappa shape index (κ2) is 6.83. The topological polar surface area (TPSA) is 19.0 Å². The Morgan fingerprint density at radius 3 is 2.71 bits per heavy atom. The lowest BCUT2D eigenvalue weighted by Gasteiger charge is -2.15. The van der Waals surface area contributed by atoms with Gasteiger partial charge in [0, 0.05) is 24.0 Å². The van der Waals surface area contributed by atoms with Crippen molar-refractivity contribution in [2.45, 2.75) is 13.0 Å². The first kappa shape index (κ1) is 14.2. The van der Waals surface area contributed by atoms with Gasteiger partial charge in [-0.1, -0.05) is 48.3 Å². The van der Waals surface area contributed by atoms with Gasteiger partial charge < -0.3 is 4.98 Å². The third-order valence-electron chi connectivity index (χ3n) is 3.57. The summed E-state index contributed by atoms with van der Waals surface area (Å²) >= 11 is 1.90. The standard InChI is InChI=1S/C18H20N2S/c1-20(14-16-5-3-2-4-6-16)21-12-10-15-7-8-18-17(13-15)9-11-19-18/h2-9,11,13,19H,10,12,14H2,1H3. The van der Waals surface area contributed by atoms with Crippen LogP contribution in [0.2, 0.25) is 0 Å². The zero-order chi connectivity index (χ0) is 14.5. The molecular weight excluding hydrogens is 276 g/mol. The normalized spacial score (nSPS) is 11.3. The average molecular weight is 296 g/mol. The number of benzene rings is 2. The third-order valence-corrected chi connectivity index (χ3v) is 4.52. The number of nitrogens with zero attached hydrogens (tertiary/aromatic N) is 1. The van der Waals surface area contributed by atoms with Gasteiger partial charge >= 0.3 is 0 Å². The molecule has 0 saturated heterocycles. The van der Waals surface area contributed by atoms with Gasteiger partial charge in [0.15, 0.2) is 0 Å². The molecule has 21 heavy (non-hydrogen) atoms. The molecule has 0 bridgehead atoms. The molecule has 1 aromatic heterocycles. The van der Waals surface area contributed by atoms with E-state index < -0.39 is 0 Å². The molecule has 2 aromatic carbocycles. The minimum atomic E-state index is 0.988. The summed E-state index contributed by atoms with van der Waals surface area (Å²) in [6, 6.07) is 19.4. The smallest absolute Gasteiger partial charge is 0.0454 e. The largest absolute Gasteiger partial charge is 0.361 e. The quantitative estimate of drug-likeness (QED) is 0.676. The van der Waals surface area contributed by atoms with Gasteiger partial charge in [0.2, 0.25) is 0 Å². The van der Waals surface area contributed by atoms with Crippen molar-refractivity contribution < 1.29 is 0 Å². The first-order valence-electron chi connectivity index (χ1n) is 7.25. The van der Waals surface area contributed by atoms with Crippen LogP contribution in [0.5, 0.6) is 0 Å². The molecule has 0 aliphatic carbocycles. The van der Waals surface area contributed by atoms with Crippen molar-refractivity contribution in [3.8, 4) is 0 Å². The van der Waals surface area contributed by atoms with Crippen LogP contribution in [-0.2, 0) is 13.0 Å². The zero-order valence-electron chi connectivity index (χ0n) is 12.3. The number of rotatable bonds is 6. The van der Waals surface area contributed by atoms with Crippen LogP contribution in [0.1, 0.15) is 11.1 Å². The number of aryl methyl sites for hydroxylation is 1. The Morgan fingerprint density at radius 2 is 1.86 bits per heavy atom. The van der Waals surface area contributed by atoms with E-state index in [1.807, 2.05) is 18.1 Å². The molecule has 0 spiro atoms. The molecule has 1 N–H and O–H groups in total. The zero-order valence-corrected chi connectivity index (χ0v) is 13.1. The summed E-state index contributed by atoms with van der Waals surface area (Å²) in [5, 5.41) is 1.30. The molecule has 108 valence electrons. The molecule has 3 aromatic rings. The summed E-state index contributed by atoms with van der Waals surface area (Å²) in [5.41, 5.74) is 3.98. The van der Waals surface area contributed by atoms with E-state index in [9.17, 15) is 0 Å². The lowest BCUT2D eigenvalue weighted by atomic mass is 10.1. The fraction of sp³-hybridized carbons (Fsp3) is 0.222. The number of fused-ring (bicyclic) bond motifs is 1. The SMILES string of the molecule is CN(Cc1ccccc1)SCCc1ccc2[nH]ccc2c1. The Balaban J connectivity index is 1.49. The summed E-state index contributed by atoms with van der Waals surface area (Å²) in [6.45, 7) is 0.988. The highest BCUT2D eigenvalue weighted by atomic mass is 32.2. The predicted octanol–water partition coefficient (Wildman–Crippen LogP) is 4.49. The van der Waals surface area contributed by atoms with Crippen molar-refractivity contribution in [1.82, 2.24) is 9.29 Å². The van der Waals surface area contributed by atoms with Gasteiger partial charge in [-0.3, -0.25) is 0 Å². The van der Waals surface area contributed by atoms with Gasteiger partial charge in [0.05, 0.1) is 0 Å². The fourth-order valence-corrected chi connectivity index (χ4v) is 3.34. The Hall–Kier alpha value is -1.71. The Morgan fingerprint density at radius 1 is 1.00 bits per heavy atom. The predicted molar refractivity (Wildman–Crippen MR) is 92.4 cm³/mol. The van der Waals surface area contributed by atoms with Crippen molar-refractivity contribution in [3.05, 3.63) is 71.9 Å². The molecular formula is C18H20N2S. The summed E-state index contributed by atoms with van der Waals surface area (Å²) < 4.78 is 2.31. The number of aromatic nitrogens is 1. The van der Waals surface area contributed by atoms with Crippen LogP contribution in [0.25, 0.3) is 10.9 Å². The van der Waals surface area contributed by atoms with E-state index in [0.717, 1.165) is 18.7 Å². The van der Waals surface area contributed by atoms with E-state index in [1.165, 1.54) is 22.0 Å². The lowest BCUT2D eigenvalue weighted by Crippen LogP contribution is -2.10. The highest BCUT2D eigenvalue weighted by Crippen LogP contribution is 2.18. The molecule has 0 atom stereocenters. The average Bonchev–Trinajstić information content (AvgIpc) is 2.96. The Kier molecular flexibility index (Phi) is 4.63. The summed E-state index contributed by atoms with van der Waals surface area (Å²) in [4.78, 5) is 3.23. The molecule has 3 heteroatoms. The molecule has 3 rings (SSSR count). The first-order chi connectivity index (χ1) is 10.3. The van der Waals surface area contributed by atoms with Crippen molar-refractivity contribution in [1.29, 1.82) is 0 Å². The van der Waals surface area contributed by atoms with Crippen molar-refractivity contribution >= 4 is 22.9 Å². The van der Waals surface area contributed by atoms with Gasteiger partial charge in [-0.25, -0.2) is 4.31 Å². The minimum absolute atomic E-state index is 0.988. The maximum absolute atomic E-state index is 3.23. The van der Waals surface area contributed by atoms with Crippen LogP contribution in [-0.4, -0.2) is 22.1 Å². The molecule has 2 nitrogen and oxygen atoms in total. The van der Waals surface area contributed by atoms with Crippen molar-refractivity contribution in [2.24, 2.45) is 0 Å². The van der Waals surface area contributed by atoms with Gasteiger partial charge in [0.1, 0.15) is 0 Å². The summed E-state index contributed by atoms with van der Waals surface area (Å²) in [7, 11) is 2.16. The lowest BCUT2D eigenvalue weighted by molar-refractivity contribution is 0.564. The molecule has 0 radical (unpaired) electrons. The summed E-state index contributed by atoms with van der Waals surface area (Å²) in [5.74, 6) is 1.11. The number of hydrogen-bond donors (Lipinski definition) is 1. The van der Waals surface area contributed by atoms with Crippen LogP contribution in [0, 0.1) is 0 Å². The first-order valence-corrected chi connectivity index (χ1v) is 8.19. The van der Waals surface area contributed by atoms with E-state index in [4.69, 9.17) is 0 Å². The van der Waals surface area contributed by atoms with Crippen LogP contribution >= 0.6 is 11.9 Å². The molecule has 0 amide bonds. The maximum atomic E-state index is 3.23. The Labute approximate surface area is 130 Å².